The number of amides is 1. The van der Waals surface area contributed by atoms with Crippen molar-refractivity contribution in [1.82, 2.24) is 4.90 Å². The molecule has 0 radical (unpaired) electrons. The molecule has 4 rings (SSSR count). The van der Waals surface area contributed by atoms with Crippen molar-refractivity contribution in [2.75, 3.05) is 0 Å². The number of nitrogens with one attached hydrogen (secondary N) is 1. The molecular formula is C26H39N4O3-. The lowest BCUT2D eigenvalue weighted by atomic mass is 9.77. The normalized spacial score (nSPS) is 22.2. The Hall–Kier alpha value is -1.96. The van der Waals surface area contributed by atoms with Gasteiger partial charge in [-0.15, -0.1) is 0 Å². The molecule has 0 bridgehead atoms. The minimum Gasteiger partial charge on any atom is -0.628 e. The standard InChI is InChI=1S/C26H39N4O3/c27-25-28-26(16-14-20-8-3-1-4-9-20,17-15-21-10-5-2-6-11-21)24(31)29(25)19-22-12-7-13-23(18-22)30(32)33/h7,12-13,18,20-21,30H,1-6,8-11,14-17,19H2,(H2,27,28)/q-1. The Morgan fingerprint density at radius 1 is 0.970 bits per heavy atom. The number of benzene rings is 1. The molecule has 3 N–H and O–H groups in total. The van der Waals surface area contributed by atoms with Crippen LogP contribution in [0.3, 0.4) is 0 Å². The molecule has 33 heavy (non-hydrogen) atoms. The van der Waals surface area contributed by atoms with Gasteiger partial charge in [-0.3, -0.25) is 9.69 Å². The van der Waals surface area contributed by atoms with Crippen LogP contribution in [0.2, 0.25) is 0 Å². The summed E-state index contributed by atoms with van der Waals surface area (Å²) in [6.07, 6.45) is 16.4. The number of hydrogen-bond donors (Lipinski definition) is 2. The van der Waals surface area contributed by atoms with Crippen LogP contribution in [-0.2, 0) is 11.3 Å². The topological polar surface area (TPSA) is 109 Å². The van der Waals surface area contributed by atoms with E-state index in [4.69, 9.17) is 10.7 Å². The van der Waals surface area contributed by atoms with Crippen molar-refractivity contribution in [3.05, 3.63) is 40.2 Å². The quantitative estimate of drug-likeness (QED) is 0.541. The van der Waals surface area contributed by atoms with Crippen molar-refractivity contribution in [1.29, 1.82) is 0 Å². The Bertz CT molecular complexity index is 807. The summed E-state index contributed by atoms with van der Waals surface area (Å²) in [5.41, 5.74) is 6.40. The summed E-state index contributed by atoms with van der Waals surface area (Å²) in [6.45, 7) is 0.240. The Kier molecular flexibility index (Phi) is 8.04. The monoisotopic (exact) mass is 455 g/mol. The Morgan fingerprint density at radius 2 is 1.55 bits per heavy atom. The van der Waals surface area contributed by atoms with Crippen LogP contribution in [0.5, 0.6) is 0 Å². The fourth-order valence-electron chi connectivity index (χ4n) is 6.10. The second kappa shape index (κ2) is 11.0. The molecular weight excluding hydrogens is 416 g/mol. The molecule has 2 fully saturated rings. The van der Waals surface area contributed by atoms with E-state index in [1.165, 1.54) is 70.3 Å². The smallest absolute Gasteiger partial charge is 0.257 e. The van der Waals surface area contributed by atoms with E-state index in [-0.39, 0.29) is 24.1 Å². The first kappa shape index (κ1) is 24.2. The molecule has 1 amide bonds. The summed E-state index contributed by atoms with van der Waals surface area (Å²) in [7, 11) is 0. The summed E-state index contributed by atoms with van der Waals surface area (Å²) in [5.74, 6) is 1.63. The lowest BCUT2D eigenvalue weighted by molar-refractivity contribution is -0.715. The number of nitrogens with two attached hydrogens (primary N) is 1. The highest BCUT2D eigenvalue weighted by Crippen LogP contribution is 2.39. The van der Waals surface area contributed by atoms with Gasteiger partial charge in [0.25, 0.3) is 5.91 Å². The second-order valence-corrected chi connectivity index (χ2v) is 10.5. The Balaban J connectivity index is 1.49. The lowest BCUT2D eigenvalue weighted by Gasteiger charge is -2.31. The van der Waals surface area contributed by atoms with Crippen LogP contribution in [-0.4, -0.2) is 22.3 Å². The molecule has 0 spiro atoms. The summed E-state index contributed by atoms with van der Waals surface area (Å²) in [4.78, 5) is 20.2. The van der Waals surface area contributed by atoms with Crippen molar-refractivity contribution >= 4 is 17.6 Å². The van der Waals surface area contributed by atoms with Gasteiger partial charge in [0.05, 0.1) is 6.54 Å². The molecule has 7 heteroatoms. The van der Waals surface area contributed by atoms with Crippen LogP contribution >= 0.6 is 0 Å². The number of nitrogens with zero attached hydrogens (tertiary/aromatic N) is 2. The maximum Gasteiger partial charge on any atom is 0.257 e. The number of quaternary nitrogens is 1. The van der Waals surface area contributed by atoms with Crippen LogP contribution in [0, 0.1) is 22.3 Å². The molecule has 1 heterocycles. The van der Waals surface area contributed by atoms with Crippen LogP contribution in [0.15, 0.2) is 29.3 Å². The van der Waals surface area contributed by atoms with Gasteiger partial charge in [0.15, 0.2) is 5.96 Å². The van der Waals surface area contributed by atoms with E-state index < -0.39 is 10.8 Å². The Morgan fingerprint density at radius 3 is 2.09 bits per heavy atom. The summed E-state index contributed by atoms with van der Waals surface area (Å²) < 4.78 is 0. The van der Waals surface area contributed by atoms with Crippen LogP contribution < -0.4 is 11.0 Å². The maximum atomic E-state index is 13.8. The van der Waals surface area contributed by atoms with Gasteiger partial charge < -0.3 is 21.4 Å². The van der Waals surface area contributed by atoms with E-state index >= 15 is 0 Å². The van der Waals surface area contributed by atoms with E-state index in [2.05, 4.69) is 0 Å². The molecule has 0 saturated heterocycles. The predicted molar refractivity (Wildman–Crippen MR) is 130 cm³/mol. The third-order valence-corrected chi connectivity index (χ3v) is 8.13. The molecule has 2 aliphatic carbocycles. The first-order chi connectivity index (χ1) is 16.0. The molecule has 3 aliphatic rings. The molecule has 0 aromatic heterocycles. The average Bonchev–Trinajstić information content (AvgIpc) is 3.07. The number of rotatable bonds is 9. The maximum absolute atomic E-state index is 13.8. The van der Waals surface area contributed by atoms with Gasteiger partial charge in [0.2, 0.25) is 0 Å². The highest BCUT2D eigenvalue weighted by Gasteiger charge is 2.47. The van der Waals surface area contributed by atoms with Crippen molar-refractivity contribution in [3.63, 3.8) is 0 Å². The van der Waals surface area contributed by atoms with Gasteiger partial charge in [0, 0.05) is 6.07 Å². The van der Waals surface area contributed by atoms with Crippen molar-refractivity contribution in [3.8, 4) is 0 Å². The number of carbonyl (C=O) groups excluding carboxylic acids is 1. The molecule has 182 valence electrons. The van der Waals surface area contributed by atoms with E-state index in [1.54, 1.807) is 17.0 Å². The zero-order chi connectivity index (χ0) is 23.3. The Labute approximate surface area is 197 Å². The highest BCUT2D eigenvalue weighted by molar-refractivity contribution is 6.06. The molecule has 1 aromatic carbocycles. The fourth-order valence-corrected chi connectivity index (χ4v) is 6.10. The first-order valence-electron chi connectivity index (χ1n) is 12.9. The fraction of sp³-hybridized carbons (Fsp3) is 0.692. The largest absolute Gasteiger partial charge is 0.628 e. The highest BCUT2D eigenvalue weighted by atomic mass is 16.8. The molecule has 1 aromatic rings. The zero-order valence-corrected chi connectivity index (χ0v) is 19.8. The molecule has 1 aliphatic heterocycles. The van der Waals surface area contributed by atoms with E-state index in [9.17, 15) is 15.2 Å². The zero-order valence-electron chi connectivity index (χ0n) is 19.8. The van der Waals surface area contributed by atoms with Gasteiger partial charge in [-0.25, -0.2) is 4.99 Å². The molecule has 0 unspecified atom stereocenters. The second-order valence-electron chi connectivity index (χ2n) is 10.5. The van der Waals surface area contributed by atoms with Gasteiger partial charge in [-0.1, -0.05) is 76.3 Å². The predicted octanol–water partition coefficient (Wildman–Crippen LogP) is 4.32. The average molecular weight is 456 g/mol. The minimum absolute atomic E-state index is 0.00882. The van der Waals surface area contributed by atoms with Gasteiger partial charge >= 0.3 is 0 Å². The van der Waals surface area contributed by atoms with E-state index in [0.29, 0.717) is 11.8 Å². The van der Waals surface area contributed by atoms with Crippen molar-refractivity contribution < 1.29 is 10.0 Å². The SMILES string of the molecule is NC1=NC(CCC2CCCCC2)(CCC2CCCCC2)C(=O)N1Cc1cccc([NH+]([O-])[O-])c1. The van der Waals surface area contributed by atoms with E-state index in [0.717, 1.165) is 31.2 Å². The van der Waals surface area contributed by atoms with Crippen molar-refractivity contribution in [2.45, 2.75) is 102 Å². The van der Waals surface area contributed by atoms with Crippen LogP contribution in [0.25, 0.3) is 0 Å². The van der Waals surface area contributed by atoms with Gasteiger partial charge in [-0.2, -0.15) is 0 Å². The third-order valence-electron chi connectivity index (χ3n) is 8.13. The van der Waals surface area contributed by atoms with Crippen LogP contribution in [0.4, 0.5) is 5.69 Å². The van der Waals surface area contributed by atoms with E-state index in [1.807, 2.05) is 6.07 Å². The first-order valence-corrected chi connectivity index (χ1v) is 12.9. The summed E-state index contributed by atoms with van der Waals surface area (Å²) >= 11 is 0. The summed E-state index contributed by atoms with van der Waals surface area (Å²) in [6, 6.07) is 6.55. The lowest BCUT2D eigenvalue weighted by Crippen LogP contribution is -2.96. The van der Waals surface area contributed by atoms with Gasteiger partial charge in [-0.05, 0) is 49.1 Å². The minimum atomic E-state index is -1.22. The number of guanidine groups is 1. The molecule has 2 saturated carbocycles. The number of hydrogen-bond acceptors (Lipinski definition) is 5. The molecule has 7 nitrogen and oxygen atoms in total. The van der Waals surface area contributed by atoms with Gasteiger partial charge in [0.1, 0.15) is 11.2 Å². The summed E-state index contributed by atoms with van der Waals surface area (Å²) in [5, 5.41) is 21.3. The van der Waals surface area contributed by atoms with Crippen LogP contribution in [0.1, 0.15) is 95.5 Å². The molecule has 0 atom stereocenters. The number of aliphatic imine (C=N–C) groups is 1. The third kappa shape index (κ3) is 5.94. The number of carbonyl (C=O) groups is 1. The van der Waals surface area contributed by atoms with Crippen molar-refractivity contribution in [2.24, 2.45) is 22.6 Å².